The lowest BCUT2D eigenvalue weighted by atomic mass is 9.54. The summed E-state index contributed by atoms with van der Waals surface area (Å²) in [5.41, 5.74) is -0.575. The van der Waals surface area contributed by atoms with Crippen LogP contribution in [0.3, 0.4) is 0 Å². The molecule has 0 aromatic heterocycles. The van der Waals surface area contributed by atoms with Crippen molar-refractivity contribution < 1.29 is 45.0 Å². The fourth-order valence-electron chi connectivity index (χ4n) is 7.93. The summed E-state index contributed by atoms with van der Waals surface area (Å²) in [6.07, 6.45) is -1.20. The van der Waals surface area contributed by atoms with Gasteiger partial charge in [-0.25, -0.2) is 4.79 Å². The first-order valence-corrected chi connectivity index (χ1v) is 13.6. The third-order valence-corrected chi connectivity index (χ3v) is 9.25. The second kappa shape index (κ2) is 9.46. The second-order valence-corrected chi connectivity index (χ2v) is 11.9. The van der Waals surface area contributed by atoms with Crippen LogP contribution in [0.4, 0.5) is 35.5 Å². The van der Waals surface area contributed by atoms with Gasteiger partial charge in [0.2, 0.25) is 0 Å². The molecule has 11 heteroatoms. The molecule has 2 aromatic rings. The molecule has 0 aliphatic heterocycles. The molecule has 5 aliphatic rings. The van der Waals surface area contributed by atoms with Gasteiger partial charge in [-0.15, -0.1) is 0 Å². The summed E-state index contributed by atoms with van der Waals surface area (Å²) in [6.45, 7) is -0.119. The van der Waals surface area contributed by atoms with E-state index in [4.69, 9.17) is 9.47 Å². The Balaban J connectivity index is 1.24. The molecular formula is C30H28F7NO3. The number of aliphatic imine (C=N–C) groups is 1. The molecule has 1 atom stereocenters. The van der Waals surface area contributed by atoms with Crippen LogP contribution < -0.4 is 0 Å². The maximum absolute atomic E-state index is 14.6. The number of halogens is 7. The summed E-state index contributed by atoms with van der Waals surface area (Å²) in [6, 6.07) is 10.4. The minimum atomic E-state index is -6.48. The average Bonchev–Trinajstić information content (AvgIpc) is 3.19. The lowest BCUT2D eigenvalue weighted by molar-refractivity contribution is -0.336. The standard InChI is InChI=1S/C30H28F7NO3/c1-38-25(28(31,32)29(33,34)30(35,36)37)19-6-7-22-23(11-19)20-4-2-3-5-21(20)24(22)15-40-26(39)41-27-12-16-8-17(13-27)10-18(9-16)14-27/h2-7,11,16-18,24H,8-10,12-15H2,1H3. The van der Waals surface area contributed by atoms with Crippen LogP contribution in [0.2, 0.25) is 0 Å². The fraction of sp³-hybridized carbons (Fsp3) is 0.533. The fourth-order valence-corrected chi connectivity index (χ4v) is 7.93. The molecule has 4 saturated carbocycles. The van der Waals surface area contributed by atoms with Crippen LogP contribution >= 0.6 is 0 Å². The van der Waals surface area contributed by atoms with Gasteiger partial charge in [-0.2, -0.15) is 30.7 Å². The van der Waals surface area contributed by atoms with Gasteiger partial charge in [0.1, 0.15) is 17.9 Å². The molecule has 1 unspecified atom stereocenters. The van der Waals surface area contributed by atoms with Crippen molar-refractivity contribution in [2.75, 3.05) is 13.7 Å². The normalized spacial score (nSPS) is 28.8. The molecule has 0 heterocycles. The van der Waals surface area contributed by atoms with Crippen LogP contribution in [0.15, 0.2) is 47.5 Å². The van der Waals surface area contributed by atoms with Gasteiger partial charge in [0.25, 0.3) is 0 Å². The van der Waals surface area contributed by atoms with Crippen LogP contribution in [0.5, 0.6) is 0 Å². The van der Waals surface area contributed by atoms with E-state index in [1.54, 1.807) is 24.3 Å². The van der Waals surface area contributed by atoms with E-state index < -0.39 is 47.0 Å². The van der Waals surface area contributed by atoms with E-state index >= 15 is 0 Å². The van der Waals surface area contributed by atoms with Crippen molar-refractivity contribution in [3.63, 3.8) is 0 Å². The first kappa shape index (κ1) is 28.0. The molecule has 220 valence electrons. The maximum Gasteiger partial charge on any atom is 0.508 e. The highest BCUT2D eigenvalue weighted by Gasteiger charge is 2.75. The van der Waals surface area contributed by atoms with Crippen molar-refractivity contribution in [1.29, 1.82) is 0 Å². The lowest BCUT2D eigenvalue weighted by Crippen LogP contribution is -2.56. The largest absolute Gasteiger partial charge is 0.508 e. The molecule has 5 aliphatic carbocycles. The Morgan fingerprint density at radius 3 is 2.05 bits per heavy atom. The van der Waals surface area contributed by atoms with Gasteiger partial charge in [-0.05, 0) is 84.6 Å². The SMILES string of the molecule is CN=C(c1ccc2c(c1)-c1ccccc1C2COC(=O)OC12CC3CC(CC(C3)C1)C2)C(F)(F)C(F)(F)C(F)(F)F. The maximum atomic E-state index is 14.6. The molecule has 0 N–H and O–H groups in total. The minimum absolute atomic E-state index is 0.119. The predicted octanol–water partition coefficient (Wildman–Crippen LogP) is 8.17. The average molecular weight is 584 g/mol. The molecule has 0 saturated heterocycles. The summed E-state index contributed by atoms with van der Waals surface area (Å²) < 4.78 is 107. The van der Waals surface area contributed by atoms with Crippen molar-refractivity contribution in [3.05, 3.63) is 59.2 Å². The monoisotopic (exact) mass is 583 g/mol. The number of ether oxygens (including phenoxy) is 2. The Morgan fingerprint density at radius 2 is 1.46 bits per heavy atom. The Labute approximate surface area is 231 Å². The Kier molecular flexibility index (Phi) is 6.46. The zero-order valence-electron chi connectivity index (χ0n) is 22.1. The molecule has 4 fully saturated rings. The quantitative estimate of drug-likeness (QED) is 0.196. The Morgan fingerprint density at radius 1 is 0.878 bits per heavy atom. The molecular weight excluding hydrogens is 555 g/mol. The zero-order valence-corrected chi connectivity index (χ0v) is 22.1. The molecule has 7 rings (SSSR count). The van der Waals surface area contributed by atoms with Gasteiger partial charge >= 0.3 is 24.2 Å². The molecule has 2 aromatic carbocycles. The van der Waals surface area contributed by atoms with Gasteiger partial charge in [-0.3, -0.25) is 4.99 Å². The van der Waals surface area contributed by atoms with E-state index in [9.17, 15) is 35.5 Å². The Bertz CT molecular complexity index is 1370. The van der Waals surface area contributed by atoms with Crippen LogP contribution in [0.25, 0.3) is 11.1 Å². The van der Waals surface area contributed by atoms with E-state index in [-0.39, 0.29) is 6.61 Å². The second-order valence-electron chi connectivity index (χ2n) is 11.9. The van der Waals surface area contributed by atoms with E-state index in [1.807, 2.05) is 0 Å². The lowest BCUT2D eigenvalue weighted by Gasteiger charge is -2.55. The van der Waals surface area contributed by atoms with E-state index in [0.29, 0.717) is 40.0 Å². The van der Waals surface area contributed by atoms with Gasteiger partial charge in [0.05, 0.1) is 0 Å². The summed E-state index contributed by atoms with van der Waals surface area (Å²) in [7, 11) is 0.739. The van der Waals surface area contributed by atoms with Crippen molar-refractivity contribution in [3.8, 4) is 11.1 Å². The van der Waals surface area contributed by atoms with Crippen LogP contribution in [-0.4, -0.2) is 49.1 Å². The van der Waals surface area contributed by atoms with Gasteiger partial charge in [0.15, 0.2) is 0 Å². The molecule has 4 nitrogen and oxygen atoms in total. The molecule has 0 amide bonds. The number of alkyl halides is 7. The van der Waals surface area contributed by atoms with Crippen molar-refractivity contribution >= 4 is 11.9 Å². The third-order valence-electron chi connectivity index (χ3n) is 9.25. The first-order valence-electron chi connectivity index (χ1n) is 13.6. The van der Waals surface area contributed by atoms with Crippen molar-refractivity contribution in [2.45, 2.75) is 68.1 Å². The van der Waals surface area contributed by atoms with E-state index in [2.05, 4.69) is 4.99 Å². The van der Waals surface area contributed by atoms with Crippen LogP contribution in [0, 0.1) is 17.8 Å². The Hall–Kier alpha value is -3.11. The summed E-state index contributed by atoms with van der Waals surface area (Å²) in [5, 5.41) is 0. The summed E-state index contributed by atoms with van der Waals surface area (Å²) in [4.78, 5) is 16.0. The zero-order chi connectivity index (χ0) is 29.4. The summed E-state index contributed by atoms with van der Waals surface area (Å²) >= 11 is 0. The third kappa shape index (κ3) is 4.50. The molecule has 0 spiro atoms. The topological polar surface area (TPSA) is 47.9 Å². The number of carbonyl (C=O) groups excluding carboxylic acids is 1. The van der Waals surface area contributed by atoms with Crippen LogP contribution in [-0.2, 0) is 9.47 Å². The predicted molar refractivity (Wildman–Crippen MR) is 135 cm³/mol. The highest BCUT2D eigenvalue weighted by Crippen LogP contribution is 2.57. The number of rotatable bonds is 6. The number of benzene rings is 2. The minimum Gasteiger partial charge on any atom is -0.433 e. The van der Waals surface area contributed by atoms with E-state index in [0.717, 1.165) is 38.4 Å². The van der Waals surface area contributed by atoms with Crippen LogP contribution in [0.1, 0.15) is 61.1 Å². The van der Waals surface area contributed by atoms with Gasteiger partial charge in [-0.1, -0.05) is 36.4 Å². The highest BCUT2D eigenvalue weighted by atomic mass is 19.4. The number of hydrogen-bond donors (Lipinski definition) is 0. The smallest absolute Gasteiger partial charge is 0.433 e. The number of nitrogens with zero attached hydrogens (tertiary/aromatic N) is 1. The van der Waals surface area contributed by atoms with Crippen molar-refractivity contribution in [1.82, 2.24) is 0 Å². The van der Waals surface area contributed by atoms with E-state index in [1.165, 1.54) is 25.3 Å². The first-order chi connectivity index (χ1) is 19.2. The molecule has 41 heavy (non-hydrogen) atoms. The number of fused-ring (bicyclic) bond motifs is 3. The number of carbonyl (C=O) groups is 1. The summed E-state index contributed by atoms with van der Waals surface area (Å²) in [5.74, 6) is -10.8. The number of hydrogen-bond acceptors (Lipinski definition) is 4. The highest BCUT2D eigenvalue weighted by molar-refractivity contribution is 6.07. The van der Waals surface area contributed by atoms with Crippen molar-refractivity contribution in [2.24, 2.45) is 22.7 Å². The van der Waals surface area contributed by atoms with Gasteiger partial charge in [0, 0.05) is 18.5 Å². The van der Waals surface area contributed by atoms with Gasteiger partial charge < -0.3 is 9.47 Å². The molecule has 4 bridgehead atoms. The molecule has 0 radical (unpaired) electrons.